The number of nitrogens with zero attached hydrogens (tertiary/aromatic N) is 2. The third kappa shape index (κ3) is 2.00. The molecule has 0 radical (unpaired) electrons. The minimum Gasteiger partial charge on any atom is -0.378 e. The molecule has 1 rings (SSSR count). The van der Waals surface area contributed by atoms with Gasteiger partial charge in [-0.1, -0.05) is 0 Å². The lowest BCUT2D eigenvalue weighted by molar-refractivity contribution is -0.123. The Labute approximate surface area is 73.6 Å². The van der Waals surface area contributed by atoms with Crippen LogP contribution in [0.1, 0.15) is 12.8 Å². The van der Waals surface area contributed by atoms with Gasteiger partial charge in [0, 0.05) is 39.5 Å². The molecule has 68 valence electrons. The van der Waals surface area contributed by atoms with Crippen LogP contribution < -0.4 is 0 Å². The summed E-state index contributed by atoms with van der Waals surface area (Å²) in [6.45, 7) is 1.08. The highest BCUT2D eigenvalue weighted by atomic mass is 16.2. The first-order chi connectivity index (χ1) is 5.61. The first-order valence-corrected chi connectivity index (χ1v) is 4.24. The SMILES string of the molecule is CN(C)C(=O)C=C1CCCN1C. The molecule has 0 N–H and O–H groups in total. The molecular weight excluding hydrogens is 152 g/mol. The molecule has 0 atom stereocenters. The molecule has 3 nitrogen and oxygen atoms in total. The van der Waals surface area contributed by atoms with E-state index >= 15 is 0 Å². The normalized spacial score (nSPS) is 20.2. The maximum atomic E-state index is 11.3. The van der Waals surface area contributed by atoms with Gasteiger partial charge in [0.1, 0.15) is 0 Å². The van der Waals surface area contributed by atoms with Crippen molar-refractivity contribution < 1.29 is 4.79 Å². The van der Waals surface area contributed by atoms with Crippen LogP contribution in [-0.4, -0.2) is 43.4 Å². The van der Waals surface area contributed by atoms with Gasteiger partial charge in [0.05, 0.1) is 0 Å². The van der Waals surface area contributed by atoms with E-state index in [0.29, 0.717) is 0 Å². The van der Waals surface area contributed by atoms with Gasteiger partial charge >= 0.3 is 0 Å². The van der Waals surface area contributed by atoms with Crippen molar-refractivity contribution >= 4 is 5.91 Å². The van der Waals surface area contributed by atoms with Gasteiger partial charge in [0.2, 0.25) is 5.91 Å². The fourth-order valence-corrected chi connectivity index (χ4v) is 1.29. The molecule has 0 aromatic carbocycles. The third-order valence-corrected chi connectivity index (χ3v) is 2.15. The Morgan fingerprint density at radius 3 is 2.67 bits per heavy atom. The molecule has 0 aromatic heterocycles. The lowest BCUT2D eigenvalue weighted by Crippen LogP contribution is -2.21. The van der Waals surface area contributed by atoms with E-state index in [4.69, 9.17) is 0 Å². The highest BCUT2D eigenvalue weighted by molar-refractivity contribution is 5.87. The largest absolute Gasteiger partial charge is 0.378 e. The van der Waals surface area contributed by atoms with Crippen LogP contribution in [0.25, 0.3) is 0 Å². The van der Waals surface area contributed by atoms with Crippen LogP contribution in [0.2, 0.25) is 0 Å². The van der Waals surface area contributed by atoms with Gasteiger partial charge in [0.15, 0.2) is 0 Å². The van der Waals surface area contributed by atoms with Crippen LogP contribution in [0.15, 0.2) is 11.8 Å². The average molecular weight is 168 g/mol. The van der Waals surface area contributed by atoms with Crippen molar-refractivity contribution in [3.05, 3.63) is 11.8 Å². The molecule has 12 heavy (non-hydrogen) atoms. The van der Waals surface area contributed by atoms with E-state index in [-0.39, 0.29) is 5.91 Å². The predicted octanol–water partition coefficient (Wildman–Crippen LogP) is 0.684. The van der Waals surface area contributed by atoms with Crippen molar-refractivity contribution in [3.63, 3.8) is 0 Å². The molecule has 0 aliphatic carbocycles. The second-order valence-corrected chi connectivity index (χ2v) is 3.39. The molecule has 1 aliphatic rings. The number of likely N-dealkylation sites (N-methyl/N-ethyl adjacent to an activating group) is 1. The topological polar surface area (TPSA) is 23.6 Å². The number of carbonyl (C=O) groups is 1. The molecule has 0 aromatic rings. The summed E-state index contributed by atoms with van der Waals surface area (Å²) < 4.78 is 0. The monoisotopic (exact) mass is 168 g/mol. The first-order valence-electron chi connectivity index (χ1n) is 4.24. The number of carbonyl (C=O) groups excluding carboxylic acids is 1. The third-order valence-electron chi connectivity index (χ3n) is 2.15. The van der Waals surface area contributed by atoms with E-state index in [2.05, 4.69) is 4.90 Å². The number of amides is 1. The molecule has 1 fully saturated rings. The van der Waals surface area contributed by atoms with Crippen molar-refractivity contribution in [2.75, 3.05) is 27.7 Å². The Balaban J connectivity index is 2.61. The van der Waals surface area contributed by atoms with Crippen LogP contribution in [0.3, 0.4) is 0 Å². The highest BCUT2D eigenvalue weighted by Gasteiger charge is 2.13. The van der Waals surface area contributed by atoms with E-state index in [0.717, 1.165) is 18.7 Å². The summed E-state index contributed by atoms with van der Waals surface area (Å²) in [5.74, 6) is 0.0822. The lowest BCUT2D eigenvalue weighted by atomic mass is 10.3. The van der Waals surface area contributed by atoms with Crippen molar-refractivity contribution in [3.8, 4) is 0 Å². The first kappa shape index (κ1) is 9.10. The average Bonchev–Trinajstić information content (AvgIpc) is 2.36. The summed E-state index contributed by atoms with van der Waals surface area (Å²) in [6, 6.07) is 0. The van der Waals surface area contributed by atoms with Crippen molar-refractivity contribution in [1.82, 2.24) is 9.80 Å². The smallest absolute Gasteiger partial charge is 0.247 e. The van der Waals surface area contributed by atoms with Crippen molar-refractivity contribution in [2.24, 2.45) is 0 Å². The lowest BCUT2D eigenvalue weighted by Gasteiger charge is -2.13. The Morgan fingerprint density at radius 2 is 2.25 bits per heavy atom. The minimum atomic E-state index is 0.0822. The minimum absolute atomic E-state index is 0.0822. The molecular formula is C9H16N2O. The molecule has 1 saturated heterocycles. The maximum absolute atomic E-state index is 11.3. The number of likely N-dealkylation sites (tertiary alicyclic amines) is 1. The molecule has 0 bridgehead atoms. The zero-order valence-corrected chi connectivity index (χ0v) is 8.00. The second-order valence-electron chi connectivity index (χ2n) is 3.39. The molecule has 0 spiro atoms. The number of allylic oxidation sites excluding steroid dienone is 1. The van der Waals surface area contributed by atoms with E-state index < -0.39 is 0 Å². The standard InChI is InChI=1S/C9H16N2O/c1-10(2)9(12)7-8-5-4-6-11(8)3/h7H,4-6H2,1-3H3. The maximum Gasteiger partial charge on any atom is 0.247 e. The van der Waals surface area contributed by atoms with Gasteiger partial charge in [-0.2, -0.15) is 0 Å². The van der Waals surface area contributed by atoms with E-state index in [9.17, 15) is 4.79 Å². The summed E-state index contributed by atoms with van der Waals surface area (Å²) in [6.07, 6.45) is 3.94. The summed E-state index contributed by atoms with van der Waals surface area (Å²) in [4.78, 5) is 15.0. The Morgan fingerprint density at radius 1 is 1.58 bits per heavy atom. The zero-order chi connectivity index (χ0) is 9.14. The van der Waals surface area contributed by atoms with E-state index in [1.165, 1.54) is 6.42 Å². The highest BCUT2D eigenvalue weighted by Crippen LogP contribution is 2.18. The Bertz CT molecular complexity index is 209. The van der Waals surface area contributed by atoms with Gasteiger partial charge in [0.25, 0.3) is 0 Å². The van der Waals surface area contributed by atoms with Gasteiger partial charge in [-0.3, -0.25) is 4.79 Å². The van der Waals surface area contributed by atoms with E-state index in [1.807, 2.05) is 7.05 Å². The van der Waals surface area contributed by atoms with Crippen LogP contribution in [-0.2, 0) is 4.79 Å². The van der Waals surface area contributed by atoms with Gasteiger partial charge < -0.3 is 9.80 Å². The molecule has 1 amide bonds. The van der Waals surface area contributed by atoms with Crippen LogP contribution in [0.5, 0.6) is 0 Å². The molecule has 0 unspecified atom stereocenters. The van der Waals surface area contributed by atoms with E-state index in [1.54, 1.807) is 25.1 Å². The molecule has 0 saturated carbocycles. The quantitative estimate of drug-likeness (QED) is 0.538. The summed E-state index contributed by atoms with van der Waals surface area (Å²) in [5.41, 5.74) is 1.16. The fraction of sp³-hybridized carbons (Fsp3) is 0.667. The number of hydrogen-bond acceptors (Lipinski definition) is 2. The number of hydrogen-bond donors (Lipinski definition) is 0. The Hall–Kier alpha value is -0.990. The predicted molar refractivity (Wildman–Crippen MR) is 48.6 cm³/mol. The van der Waals surface area contributed by atoms with Gasteiger partial charge in [-0.15, -0.1) is 0 Å². The molecule has 3 heteroatoms. The summed E-state index contributed by atoms with van der Waals surface area (Å²) in [5, 5.41) is 0. The summed E-state index contributed by atoms with van der Waals surface area (Å²) >= 11 is 0. The van der Waals surface area contributed by atoms with Gasteiger partial charge in [-0.05, 0) is 12.8 Å². The van der Waals surface area contributed by atoms with Crippen LogP contribution in [0, 0.1) is 0 Å². The summed E-state index contributed by atoms with van der Waals surface area (Å²) in [7, 11) is 5.57. The zero-order valence-electron chi connectivity index (χ0n) is 8.00. The van der Waals surface area contributed by atoms with Gasteiger partial charge in [-0.25, -0.2) is 0 Å². The number of rotatable bonds is 1. The fourth-order valence-electron chi connectivity index (χ4n) is 1.29. The second kappa shape index (κ2) is 3.61. The van der Waals surface area contributed by atoms with Crippen LogP contribution in [0.4, 0.5) is 0 Å². The van der Waals surface area contributed by atoms with Crippen molar-refractivity contribution in [1.29, 1.82) is 0 Å². The van der Waals surface area contributed by atoms with Crippen LogP contribution >= 0.6 is 0 Å². The Kier molecular flexibility index (Phi) is 2.74. The van der Waals surface area contributed by atoms with Crippen molar-refractivity contribution in [2.45, 2.75) is 12.8 Å². The molecule has 1 heterocycles. The molecule has 1 aliphatic heterocycles.